The van der Waals surface area contributed by atoms with Crippen molar-refractivity contribution in [2.75, 3.05) is 31.2 Å². The lowest BCUT2D eigenvalue weighted by molar-refractivity contribution is -0.154. The summed E-state index contributed by atoms with van der Waals surface area (Å²) in [6, 6.07) is 6.91. The number of ether oxygens (including phenoxy) is 2. The van der Waals surface area contributed by atoms with Gasteiger partial charge in [-0.25, -0.2) is 0 Å². The summed E-state index contributed by atoms with van der Waals surface area (Å²) in [5.41, 5.74) is 0.489. The number of nitrogens with zero attached hydrogens (tertiary/aromatic N) is 2. The molecule has 1 aromatic carbocycles. The molecule has 8 nitrogen and oxygen atoms in total. The summed E-state index contributed by atoms with van der Waals surface area (Å²) >= 11 is 0. The van der Waals surface area contributed by atoms with E-state index >= 15 is 0 Å². The molecule has 0 saturated carbocycles. The third kappa shape index (κ3) is 3.78. The normalized spacial score (nSPS) is 17.0. The first-order valence-electron chi connectivity index (χ1n) is 8.07. The fourth-order valence-electron chi connectivity index (χ4n) is 2.80. The van der Waals surface area contributed by atoms with E-state index in [0.717, 1.165) is 4.90 Å². The number of carbonyl (C=O) groups is 4. The molecule has 3 rings (SSSR count). The molecule has 0 aliphatic carbocycles. The van der Waals surface area contributed by atoms with E-state index in [-0.39, 0.29) is 31.4 Å². The molecule has 1 saturated heterocycles. The van der Waals surface area contributed by atoms with Crippen LogP contribution in [0.15, 0.2) is 24.3 Å². The van der Waals surface area contributed by atoms with Crippen LogP contribution in [0.3, 0.4) is 0 Å². The van der Waals surface area contributed by atoms with Gasteiger partial charge < -0.3 is 9.47 Å². The largest absolute Gasteiger partial charge is 0.491 e. The van der Waals surface area contributed by atoms with Crippen LogP contribution in [0.25, 0.3) is 0 Å². The molecule has 25 heavy (non-hydrogen) atoms. The van der Waals surface area contributed by atoms with Crippen LogP contribution in [0.2, 0.25) is 0 Å². The predicted octanol–water partition coefficient (Wildman–Crippen LogP) is 0.494. The van der Waals surface area contributed by atoms with Gasteiger partial charge in [0.25, 0.3) is 5.91 Å². The topological polar surface area (TPSA) is 93.2 Å². The van der Waals surface area contributed by atoms with Crippen LogP contribution in [0.4, 0.5) is 5.69 Å². The van der Waals surface area contributed by atoms with Crippen molar-refractivity contribution in [2.45, 2.75) is 19.3 Å². The van der Waals surface area contributed by atoms with Crippen LogP contribution in [-0.2, 0) is 23.9 Å². The molecular formula is C17H18N2O6. The zero-order valence-electron chi connectivity index (χ0n) is 13.6. The van der Waals surface area contributed by atoms with Crippen molar-refractivity contribution in [1.29, 1.82) is 0 Å². The monoisotopic (exact) mass is 346 g/mol. The van der Waals surface area contributed by atoms with Gasteiger partial charge in [-0.15, -0.1) is 0 Å². The van der Waals surface area contributed by atoms with Crippen molar-refractivity contribution < 1.29 is 28.7 Å². The van der Waals surface area contributed by atoms with Gasteiger partial charge in [-0.05, 0) is 18.6 Å². The van der Waals surface area contributed by atoms with E-state index in [9.17, 15) is 19.2 Å². The lowest BCUT2D eigenvalue weighted by Crippen LogP contribution is -2.39. The van der Waals surface area contributed by atoms with Gasteiger partial charge >= 0.3 is 5.97 Å². The summed E-state index contributed by atoms with van der Waals surface area (Å²) in [5, 5.41) is 0. The minimum absolute atomic E-state index is 0.142. The molecule has 132 valence electrons. The summed E-state index contributed by atoms with van der Waals surface area (Å²) < 4.78 is 10.4. The van der Waals surface area contributed by atoms with Crippen molar-refractivity contribution in [3.63, 3.8) is 0 Å². The number of para-hydroxylation sites is 2. The van der Waals surface area contributed by atoms with Crippen LogP contribution in [0, 0.1) is 0 Å². The Hall–Kier alpha value is -2.90. The van der Waals surface area contributed by atoms with E-state index in [4.69, 9.17) is 9.47 Å². The summed E-state index contributed by atoms with van der Waals surface area (Å²) in [6.45, 7) is -0.243. The highest BCUT2D eigenvalue weighted by atomic mass is 16.5. The van der Waals surface area contributed by atoms with Gasteiger partial charge in [0.05, 0.1) is 18.7 Å². The Labute approximate surface area is 144 Å². The number of rotatable bonds is 4. The van der Waals surface area contributed by atoms with Crippen LogP contribution in [0.1, 0.15) is 19.3 Å². The van der Waals surface area contributed by atoms with Crippen molar-refractivity contribution in [2.24, 2.45) is 0 Å². The molecule has 0 N–H and O–H groups in total. The van der Waals surface area contributed by atoms with Crippen molar-refractivity contribution in [3.05, 3.63) is 24.3 Å². The van der Waals surface area contributed by atoms with Crippen LogP contribution >= 0.6 is 0 Å². The first-order chi connectivity index (χ1) is 12.1. The summed E-state index contributed by atoms with van der Waals surface area (Å²) in [4.78, 5) is 50.1. The van der Waals surface area contributed by atoms with E-state index in [1.807, 2.05) is 0 Å². The molecule has 3 amide bonds. The fraction of sp³-hybridized carbons (Fsp3) is 0.412. The zero-order chi connectivity index (χ0) is 17.8. The van der Waals surface area contributed by atoms with Crippen molar-refractivity contribution >= 4 is 29.4 Å². The summed E-state index contributed by atoms with van der Waals surface area (Å²) in [7, 11) is 0. The molecule has 2 heterocycles. The van der Waals surface area contributed by atoms with Gasteiger partial charge in [-0.3, -0.25) is 29.0 Å². The molecule has 2 aliphatic rings. The van der Waals surface area contributed by atoms with E-state index in [1.54, 1.807) is 24.3 Å². The molecule has 2 aliphatic heterocycles. The predicted molar refractivity (Wildman–Crippen MR) is 85.8 cm³/mol. The van der Waals surface area contributed by atoms with Gasteiger partial charge in [0.15, 0.2) is 6.61 Å². The maximum Gasteiger partial charge on any atom is 0.326 e. The van der Waals surface area contributed by atoms with Crippen LogP contribution in [-0.4, -0.2) is 54.9 Å². The smallest absolute Gasteiger partial charge is 0.326 e. The summed E-state index contributed by atoms with van der Waals surface area (Å²) in [6.07, 6.45) is 1.10. The Morgan fingerprint density at radius 1 is 1.12 bits per heavy atom. The highest BCUT2D eigenvalue weighted by molar-refractivity contribution is 6.00. The van der Waals surface area contributed by atoms with E-state index < -0.39 is 18.5 Å². The lowest BCUT2D eigenvalue weighted by atomic mass is 10.2. The number of imide groups is 1. The van der Waals surface area contributed by atoms with Gasteiger partial charge in [0.2, 0.25) is 11.8 Å². The van der Waals surface area contributed by atoms with Crippen molar-refractivity contribution in [3.8, 4) is 5.75 Å². The van der Waals surface area contributed by atoms with Gasteiger partial charge in [-0.2, -0.15) is 0 Å². The number of hydrogen-bond donors (Lipinski definition) is 0. The number of likely N-dealkylation sites (tertiary alicyclic amines) is 1. The molecule has 8 heteroatoms. The Morgan fingerprint density at radius 2 is 1.92 bits per heavy atom. The Bertz CT molecular complexity index is 717. The highest BCUT2D eigenvalue weighted by Crippen LogP contribution is 2.30. The fourth-order valence-corrected chi connectivity index (χ4v) is 2.80. The summed E-state index contributed by atoms with van der Waals surface area (Å²) in [5.74, 6) is -1.26. The average molecular weight is 346 g/mol. The highest BCUT2D eigenvalue weighted by Gasteiger charge is 2.29. The average Bonchev–Trinajstić information content (AvgIpc) is 2.97. The van der Waals surface area contributed by atoms with Crippen LogP contribution < -0.4 is 9.64 Å². The van der Waals surface area contributed by atoms with Crippen LogP contribution in [0.5, 0.6) is 5.75 Å². The number of benzene rings is 1. The molecule has 1 fully saturated rings. The maximum atomic E-state index is 12.2. The number of fused-ring (bicyclic) bond motifs is 1. The molecule has 0 bridgehead atoms. The van der Waals surface area contributed by atoms with E-state index in [0.29, 0.717) is 30.8 Å². The number of anilines is 1. The molecule has 0 aromatic heterocycles. The van der Waals surface area contributed by atoms with E-state index in [1.165, 1.54) is 4.90 Å². The Morgan fingerprint density at radius 3 is 2.68 bits per heavy atom. The molecule has 0 atom stereocenters. The molecular weight excluding hydrogens is 328 g/mol. The third-order valence-corrected chi connectivity index (χ3v) is 4.05. The molecule has 1 aromatic rings. The SMILES string of the molecule is O=C(CN1C(=O)CCOc2ccccc21)OCC(=O)N1CCCC1=O. The van der Waals surface area contributed by atoms with Gasteiger partial charge in [-0.1, -0.05) is 12.1 Å². The van der Waals surface area contributed by atoms with Gasteiger partial charge in [0.1, 0.15) is 12.3 Å². The Kier molecular flexibility index (Phi) is 4.97. The van der Waals surface area contributed by atoms with E-state index in [2.05, 4.69) is 0 Å². The Balaban J connectivity index is 1.61. The van der Waals surface area contributed by atoms with Crippen molar-refractivity contribution in [1.82, 2.24) is 4.90 Å². The number of esters is 1. The number of amides is 3. The standard InChI is InChI=1S/C17H18N2O6/c20-14-6-3-8-18(14)16(22)11-25-17(23)10-19-12-4-1-2-5-13(12)24-9-7-15(19)21/h1-2,4-5H,3,6-11H2. The molecule has 0 radical (unpaired) electrons. The second-order valence-electron chi connectivity index (χ2n) is 5.75. The maximum absolute atomic E-state index is 12.2. The minimum Gasteiger partial charge on any atom is -0.491 e. The first kappa shape index (κ1) is 16.9. The first-order valence-corrected chi connectivity index (χ1v) is 8.07. The third-order valence-electron chi connectivity index (χ3n) is 4.05. The number of carbonyl (C=O) groups excluding carboxylic acids is 4. The molecule has 0 spiro atoms. The second-order valence-corrected chi connectivity index (χ2v) is 5.75. The van der Waals surface area contributed by atoms with Gasteiger partial charge in [0, 0.05) is 13.0 Å². The number of hydrogen-bond acceptors (Lipinski definition) is 6. The minimum atomic E-state index is -0.718. The quantitative estimate of drug-likeness (QED) is 0.737. The zero-order valence-corrected chi connectivity index (χ0v) is 13.6. The second kappa shape index (κ2) is 7.33. The lowest BCUT2D eigenvalue weighted by Gasteiger charge is -2.21. The molecule has 0 unspecified atom stereocenters.